The van der Waals surface area contributed by atoms with Gasteiger partial charge in [-0.3, -0.25) is 9.52 Å². The van der Waals surface area contributed by atoms with Crippen molar-refractivity contribution < 1.29 is 22.7 Å². The summed E-state index contributed by atoms with van der Waals surface area (Å²) in [6, 6.07) is 8.23. The second-order valence-electron chi connectivity index (χ2n) is 7.73. The predicted molar refractivity (Wildman–Crippen MR) is 122 cm³/mol. The van der Waals surface area contributed by atoms with Crippen LogP contribution in [0, 0.1) is 5.92 Å². The van der Waals surface area contributed by atoms with Crippen molar-refractivity contribution >= 4 is 44.4 Å². The van der Waals surface area contributed by atoms with E-state index in [0.717, 1.165) is 18.2 Å². The molecule has 0 radical (unpaired) electrons. The number of hydrogen-bond acceptors (Lipinski definition) is 6. The maximum atomic E-state index is 12.6. The van der Waals surface area contributed by atoms with E-state index in [2.05, 4.69) is 20.0 Å². The van der Waals surface area contributed by atoms with Crippen molar-refractivity contribution in [2.45, 2.75) is 26.2 Å². The molecule has 2 heterocycles. The molecule has 0 aliphatic heterocycles. The topological polar surface area (TPSA) is 130 Å². The van der Waals surface area contributed by atoms with Crippen molar-refractivity contribution in [2.75, 3.05) is 22.9 Å². The summed E-state index contributed by atoms with van der Waals surface area (Å²) in [4.78, 5) is 32.3. The van der Waals surface area contributed by atoms with Gasteiger partial charge < -0.3 is 15.0 Å². The lowest BCUT2D eigenvalue weighted by Crippen LogP contribution is -2.16. The minimum atomic E-state index is -3.52. The van der Waals surface area contributed by atoms with Crippen molar-refractivity contribution in [1.29, 1.82) is 0 Å². The summed E-state index contributed by atoms with van der Waals surface area (Å²) in [5.74, 6) is -0.333. The number of nitrogens with one attached hydrogen (secondary N) is 3. The van der Waals surface area contributed by atoms with Gasteiger partial charge in [-0.1, -0.05) is 13.0 Å². The Kier molecular flexibility index (Phi) is 5.88. The van der Waals surface area contributed by atoms with Gasteiger partial charge in [-0.05, 0) is 54.7 Å². The predicted octanol–water partition coefficient (Wildman–Crippen LogP) is 3.52. The van der Waals surface area contributed by atoms with Crippen LogP contribution in [0.2, 0.25) is 0 Å². The summed E-state index contributed by atoms with van der Waals surface area (Å²) in [5, 5.41) is 3.59. The van der Waals surface area contributed by atoms with Crippen LogP contribution < -0.4 is 10.0 Å². The number of H-pyrrole nitrogens is 1. The molecule has 1 aliphatic carbocycles. The van der Waals surface area contributed by atoms with Crippen molar-refractivity contribution in [1.82, 2.24) is 9.97 Å². The van der Waals surface area contributed by atoms with Crippen molar-refractivity contribution in [3.63, 3.8) is 0 Å². The molecule has 1 amide bonds. The zero-order chi connectivity index (χ0) is 22.9. The summed E-state index contributed by atoms with van der Waals surface area (Å²) in [5.41, 5.74) is 2.20. The second-order valence-corrected chi connectivity index (χ2v) is 9.57. The second kappa shape index (κ2) is 8.62. The molecule has 0 bridgehead atoms. The number of fused-ring (bicyclic) bond motifs is 1. The van der Waals surface area contributed by atoms with Crippen LogP contribution in [0.25, 0.3) is 22.2 Å². The first-order valence-corrected chi connectivity index (χ1v) is 12.0. The van der Waals surface area contributed by atoms with Gasteiger partial charge in [-0.2, -0.15) is 0 Å². The number of nitrogens with zero attached hydrogens (tertiary/aromatic N) is 1. The van der Waals surface area contributed by atoms with Crippen LogP contribution in [-0.4, -0.2) is 43.1 Å². The van der Waals surface area contributed by atoms with Gasteiger partial charge in [0.15, 0.2) is 0 Å². The molecule has 0 spiro atoms. The van der Waals surface area contributed by atoms with Crippen LogP contribution in [0.4, 0.5) is 11.5 Å². The molecule has 0 saturated heterocycles. The third kappa shape index (κ3) is 4.59. The lowest BCUT2D eigenvalue weighted by atomic mass is 9.97. The summed E-state index contributed by atoms with van der Waals surface area (Å²) >= 11 is 0. The lowest BCUT2D eigenvalue weighted by molar-refractivity contribution is -0.117. The quantitative estimate of drug-likeness (QED) is 0.445. The molecule has 3 N–H and O–H groups in total. The number of pyridine rings is 1. The van der Waals surface area contributed by atoms with Crippen LogP contribution in [0.3, 0.4) is 0 Å². The zero-order valence-corrected chi connectivity index (χ0v) is 18.6. The summed E-state index contributed by atoms with van der Waals surface area (Å²) in [6.07, 6.45) is 3.92. The van der Waals surface area contributed by atoms with Gasteiger partial charge in [0.25, 0.3) is 0 Å². The molecule has 1 aromatic carbocycles. The number of hydrogen-bond donors (Lipinski definition) is 3. The average molecular weight is 457 g/mol. The van der Waals surface area contributed by atoms with Gasteiger partial charge in [0.05, 0.1) is 18.4 Å². The number of aromatic amines is 1. The number of esters is 1. The number of carbonyl (C=O) groups excluding carboxylic acids is 2. The first kappa shape index (κ1) is 21.8. The number of carbonyl (C=O) groups is 2. The standard InChI is InChI=1S/C22H24N4O5S/c1-3-10-32(29,30)26-14-6-7-15(18(11-14)22(28)31-2)17-12-19(25-21(27)13-4-5-13)24-20-16(17)8-9-23-20/h6-9,11-13,26H,3-5,10H2,1-2H3,(H2,23,24,25,27). The monoisotopic (exact) mass is 456 g/mol. The first-order valence-electron chi connectivity index (χ1n) is 10.3. The van der Waals surface area contributed by atoms with Crippen LogP contribution in [0.1, 0.15) is 36.5 Å². The number of sulfonamides is 1. The number of aromatic nitrogens is 2. The highest BCUT2D eigenvalue weighted by Gasteiger charge is 2.30. The number of ether oxygens (including phenoxy) is 1. The highest BCUT2D eigenvalue weighted by Crippen LogP contribution is 2.35. The van der Waals surface area contributed by atoms with Crippen LogP contribution in [0.15, 0.2) is 36.5 Å². The molecule has 1 fully saturated rings. The Bertz CT molecular complexity index is 1290. The van der Waals surface area contributed by atoms with Gasteiger partial charge in [0.1, 0.15) is 11.5 Å². The van der Waals surface area contributed by atoms with Crippen molar-refractivity contribution in [2.24, 2.45) is 5.92 Å². The molecule has 1 aliphatic rings. The Morgan fingerprint density at radius 3 is 2.66 bits per heavy atom. The van der Waals surface area contributed by atoms with Crippen LogP contribution >= 0.6 is 0 Å². The van der Waals surface area contributed by atoms with Gasteiger partial charge in [-0.15, -0.1) is 0 Å². The Morgan fingerprint density at radius 2 is 1.97 bits per heavy atom. The number of benzene rings is 1. The Balaban J connectivity index is 1.80. The molecule has 0 unspecified atom stereocenters. The lowest BCUT2D eigenvalue weighted by Gasteiger charge is -2.14. The molecular weight excluding hydrogens is 432 g/mol. The summed E-state index contributed by atoms with van der Waals surface area (Å²) in [6.45, 7) is 1.77. The minimum absolute atomic E-state index is 0.0145. The minimum Gasteiger partial charge on any atom is -0.465 e. The molecule has 32 heavy (non-hydrogen) atoms. The van der Waals surface area contributed by atoms with Gasteiger partial charge >= 0.3 is 5.97 Å². The molecule has 4 rings (SSSR count). The maximum Gasteiger partial charge on any atom is 0.338 e. The van der Waals surface area contributed by atoms with E-state index in [-0.39, 0.29) is 28.8 Å². The van der Waals surface area contributed by atoms with E-state index in [1.54, 1.807) is 31.3 Å². The van der Waals surface area contributed by atoms with Gasteiger partial charge in [0, 0.05) is 23.2 Å². The van der Waals surface area contributed by atoms with E-state index in [1.165, 1.54) is 13.2 Å². The normalized spacial score (nSPS) is 13.7. The molecule has 0 atom stereocenters. The van der Waals surface area contributed by atoms with Crippen molar-refractivity contribution in [3.05, 3.63) is 42.1 Å². The largest absolute Gasteiger partial charge is 0.465 e. The SMILES string of the molecule is CCCS(=O)(=O)Nc1ccc(-c2cc(NC(=O)C3CC3)nc3[nH]ccc23)c(C(=O)OC)c1. The first-order chi connectivity index (χ1) is 15.3. The molecular formula is C22H24N4O5S. The molecule has 2 aromatic heterocycles. The zero-order valence-electron chi connectivity index (χ0n) is 17.8. The number of rotatable bonds is 8. The molecule has 10 heteroatoms. The fourth-order valence-corrected chi connectivity index (χ4v) is 4.64. The van der Waals surface area contributed by atoms with Gasteiger partial charge in [-0.25, -0.2) is 18.2 Å². The number of amides is 1. The third-order valence-corrected chi connectivity index (χ3v) is 6.68. The molecule has 9 nitrogen and oxygen atoms in total. The highest BCUT2D eigenvalue weighted by atomic mass is 32.2. The van der Waals surface area contributed by atoms with E-state index in [0.29, 0.717) is 29.0 Å². The molecule has 168 valence electrons. The summed E-state index contributed by atoms with van der Waals surface area (Å²) < 4.78 is 31.8. The van der Waals surface area contributed by atoms with E-state index in [1.807, 2.05) is 6.07 Å². The van der Waals surface area contributed by atoms with E-state index in [9.17, 15) is 18.0 Å². The average Bonchev–Trinajstić information content (AvgIpc) is 3.50. The van der Waals surface area contributed by atoms with Crippen molar-refractivity contribution in [3.8, 4) is 11.1 Å². The Morgan fingerprint density at radius 1 is 1.19 bits per heavy atom. The fourth-order valence-electron chi connectivity index (χ4n) is 3.52. The molecule has 1 saturated carbocycles. The summed E-state index contributed by atoms with van der Waals surface area (Å²) in [7, 11) is -2.26. The third-order valence-electron chi connectivity index (χ3n) is 5.19. The fraction of sp³-hybridized carbons (Fsp3) is 0.318. The number of anilines is 2. The number of methoxy groups -OCH3 is 1. The maximum absolute atomic E-state index is 12.6. The van der Waals surface area contributed by atoms with Crippen LogP contribution in [0.5, 0.6) is 0 Å². The smallest absolute Gasteiger partial charge is 0.338 e. The van der Waals surface area contributed by atoms with Crippen LogP contribution in [-0.2, 0) is 19.6 Å². The van der Waals surface area contributed by atoms with Gasteiger partial charge in [0.2, 0.25) is 15.9 Å². The van der Waals surface area contributed by atoms with E-state index < -0.39 is 16.0 Å². The Labute approximate surface area is 185 Å². The van der Waals surface area contributed by atoms with E-state index in [4.69, 9.17) is 4.74 Å². The van der Waals surface area contributed by atoms with E-state index >= 15 is 0 Å². The highest BCUT2D eigenvalue weighted by molar-refractivity contribution is 7.92. The molecule has 3 aromatic rings. The Hall–Kier alpha value is -3.40.